The molecule has 0 bridgehead atoms. The van der Waals surface area contributed by atoms with Crippen LogP contribution in [0.5, 0.6) is 5.75 Å². The summed E-state index contributed by atoms with van der Waals surface area (Å²) in [5.41, 5.74) is 5.15. The molecule has 0 spiro atoms. The van der Waals surface area contributed by atoms with Crippen molar-refractivity contribution in [3.05, 3.63) is 39.1 Å². The van der Waals surface area contributed by atoms with Gasteiger partial charge in [-0.25, -0.2) is 4.98 Å². The van der Waals surface area contributed by atoms with E-state index in [4.69, 9.17) is 4.74 Å². The van der Waals surface area contributed by atoms with Gasteiger partial charge in [0.05, 0.1) is 35.3 Å². The predicted molar refractivity (Wildman–Crippen MR) is 75.1 cm³/mol. The third kappa shape index (κ3) is 2.66. The number of aromatic nitrogens is 2. The van der Waals surface area contributed by atoms with Crippen LogP contribution < -0.4 is 4.74 Å². The van der Waals surface area contributed by atoms with Crippen LogP contribution >= 0.6 is 11.3 Å². The van der Waals surface area contributed by atoms with Crippen molar-refractivity contribution in [1.82, 2.24) is 9.97 Å². The number of ketones is 1. The van der Waals surface area contributed by atoms with E-state index in [0.29, 0.717) is 4.88 Å². The van der Waals surface area contributed by atoms with E-state index < -0.39 is 0 Å². The number of methoxy groups -OCH3 is 1. The van der Waals surface area contributed by atoms with Gasteiger partial charge in [-0.2, -0.15) is 0 Å². The number of nitrogens with zero attached hydrogens (tertiary/aromatic N) is 2. The highest BCUT2D eigenvalue weighted by molar-refractivity contribution is 7.11. The maximum Gasteiger partial charge on any atom is 0.180 e. The normalized spacial score (nSPS) is 10.5. The van der Waals surface area contributed by atoms with Gasteiger partial charge in [0.25, 0.3) is 0 Å². The second-order valence-electron chi connectivity index (χ2n) is 4.41. The summed E-state index contributed by atoms with van der Waals surface area (Å²) >= 11 is 1.38. The van der Waals surface area contributed by atoms with Crippen LogP contribution in [0.2, 0.25) is 0 Å². The molecular weight excluding hydrogens is 260 g/mol. The highest BCUT2D eigenvalue weighted by Gasteiger charge is 2.16. The molecule has 0 radical (unpaired) electrons. The summed E-state index contributed by atoms with van der Waals surface area (Å²) in [5.74, 6) is 0.861. The van der Waals surface area contributed by atoms with Gasteiger partial charge >= 0.3 is 0 Å². The Hall–Kier alpha value is -1.75. The molecule has 0 aliphatic heterocycles. The zero-order valence-corrected chi connectivity index (χ0v) is 12.3. The molecule has 19 heavy (non-hydrogen) atoms. The second-order valence-corrected chi connectivity index (χ2v) is 5.27. The van der Waals surface area contributed by atoms with E-state index in [1.165, 1.54) is 11.3 Å². The molecular formula is C14H16N2O2S. The van der Waals surface area contributed by atoms with Crippen LogP contribution in [0.1, 0.15) is 32.2 Å². The molecule has 0 aromatic carbocycles. The van der Waals surface area contributed by atoms with Crippen LogP contribution in [0.25, 0.3) is 0 Å². The fourth-order valence-electron chi connectivity index (χ4n) is 2.05. The third-order valence-corrected chi connectivity index (χ3v) is 4.05. The molecule has 2 aromatic rings. The van der Waals surface area contributed by atoms with Crippen molar-refractivity contribution in [3.8, 4) is 5.75 Å². The lowest BCUT2D eigenvalue weighted by molar-refractivity contribution is 0.0994. The van der Waals surface area contributed by atoms with Gasteiger partial charge in [0.1, 0.15) is 5.75 Å². The molecule has 0 atom stereocenters. The Kier molecular flexibility index (Phi) is 3.95. The fraction of sp³-hybridized carbons (Fsp3) is 0.357. The molecule has 4 nitrogen and oxygen atoms in total. The lowest BCUT2D eigenvalue weighted by Crippen LogP contribution is -2.08. The number of carbonyl (C=O) groups excluding carboxylic acids is 1. The summed E-state index contributed by atoms with van der Waals surface area (Å²) in [6.45, 7) is 5.72. The number of pyridine rings is 1. The van der Waals surface area contributed by atoms with Gasteiger partial charge < -0.3 is 4.74 Å². The second kappa shape index (κ2) is 5.48. The molecule has 2 aromatic heterocycles. The van der Waals surface area contributed by atoms with Gasteiger partial charge in [-0.15, -0.1) is 11.3 Å². The molecule has 0 unspecified atom stereocenters. The number of rotatable bonds is 4. The summed E-state index contributed by atoms with van der Waals surface area (Å²) in [4.78, 5) is 21.4. The molecule has 0 N–H and O–H groups in total. The highest BCUT2D eigenvalue weighted by Crippen LogP contribution is 2.25. The van der Waals surface area contributed by atoms with Crippen LogP contribution in [0, 0.1) is 20.8 Å². The lowest BCUT2D eigenvalue weighted by atomic mass is 10.1. The number of ether oxygens (including phenoxy) is 1. The molecule has 0 aliphatic rings. The predicted octanol–water partition coefficient (Wildman–Crippen LogP) is 2.90. The first-order valence-electron chi connectivity index (χ1n) is 5.97. The van der Waals surface area contributed by atoms with Crippen molar-refractivity contribution >= 4 is 17.1 Å². The quantitative estimate of drug-likeness (QED) is 0.806. The van der Waals surface area contributed by atoms with E-state index in [2.05, 4.69) is 9.97 Å². The van der Waals surface area contributed by atoms with Gasteiger partial charge in [0, 0.05) is 17.3 Å². The van der Waals surface area contributed by atoms with E-state index in [0.717, 1.165) is 28.3 Å². The number of carbonyl (C=O) groups is 1. The Morgan fingerprint density at radius 2 is 2.05 bits per heavy atom. The smallest absolute Gasteiger partial charge is 0.180 e. The zero-order valence-electron chi connectivity index (χ0n) is 11.5. The molecule has 0 aliphatic carbocycles. The van der Waals surface area contributed by atoms with E-state index >= 15 is 0 Å². The standard InChI is InChI=1S/C14H16N2O2S/c1-8-6-15-11(9(2)13(8)18-4)5-12(17)14-10(3)16-7-19-14/h6-7H,5H2,1-4H3. The first kappa shape index (κ1) is 13.7. The van der Waals surface area contributed by atoms with Gasteiger partial charge in [-0.05, 0) is 20.8 Å². The van der Waals surface area contributed by atoms with Crippen molar-refractivity contribution < 1.29 is 9.53 Å². The van der Waals surface area contributed by atoms with E-state index in [9.17, 15) is 4.79 Å². The number of hydrogen-bond donors (Lipinski definition) is 0. The summed E-state index contributed by atoms with van der Waals surface area (Å²) in [7, 11) is 1.63. The molecule has 5 heteroatoms. The first-order chi connectivity index (χ1) is 9.04. The number of aryl methyl sites for hydroxylation is 2. The average Bonchev–Trinajstić information content (AvgIpc) is 2.80. The van der Waals surface area contributed by atoms with Gasteiger partial charge in [0.2, 0.25) is 0 Å². The summed E-state index contributed by atoms with van der Waals surface area (Å²) < 4.78 is 5.35. The molecule has 0 saturated carbocycles. The SMILES string of the molecule is COc1c(C)cnc(CC(=O)c2scnc2C)c1C. The van der Waals surface area contributed by atoms with Crippen LogP contribution in [-0.4, -0.2) is 22.9 Å². The minimum absolute atomic E-state index is 0.0570. The number of thiazole rings is 1. The Bertz CT molecular complexity index is 620. The van der Waals surface area contributed by atoms with Crippen molar-refractivity contribution in [2.24, 2.45) is 0 Å². The highest BCUT2D eigenvalue weighted by atomic mass is 32.1. The Morgan fingerprint density at radius 3 is 2.63 bits per heavy atom. The molecule has 2 rings (SSSR count). The largest absolute Gasteiger partial charge is 0.496 e. The van der Waals surface area contributed by atoms with Crippen molar-refractivity contribution in [3.63, 3.8) is 0 Å². The fourth-order valence-corrected chi connectivity index (χ4v) is 2.79. The van der Waals surface area contributed by atoms with Crippen LogP contribution in [0.4, 0.5) is 0 Å². The maximum absolute atomic E-state index is 12.2. The maximum atomic E-state index is 12.2. The number of Topliss-reactive ketones (excluding diaryl/α,β-unsaturated/α-hetero) is 1. The van der Waals surface area contributed by atoms with Gasteiger partial charge in [-0.1, -0.05) is 0 Å². The molecule has 100 valence electrons. The zero-order chi connectivity index (χ0) is 14.0. The van der Waals surface area contributed by atoms with Crippen LogP contribution in [0.15, 0.2) is 11.7 Å². The van der Waals surface area contributed by atoms with Crippen LogP contribution in [0.3, 0.4) is 0 Å². The van der Waals surface area contributed by atoms with Gasteiger partial charge in [-0.3, -0.25) is 9.78 Å². The Balaban J connectivity index is 2.30. The summed E-state index contributed by atoms with van der Waals surface area (Å²) in [6, 6.07) is 0. The van der Waals surface area contributed by atoms with Crippen molar-refractivity contribution in [2.45, 2.75) is 27.2 Å². The average molecular weight is 276 g/mol. The van der Waals surface area contributed by atoms with E-state index in [1.54, 1.807) is 18.8 Å². The number of hydrogen-bond acceptors (Lipinski definition) is 5. The lowest BCUT2D eigenvalue weighted by Gasteiger charge is -2.11. The Labute approximate surface area is 116 Å². The Morgan fingerprint density at radius 1 is 1.32 bits per heavy atom. The van der Waals surface area contributed by atoms with Crippen LogP contribution in [-0.2, 0) is 6.42 Å². The van der Waals surface area contributed by atoms with E-state index in [-0.39, 0.29) is 12.2 Å². The first-order valence-corrected chi connectivity index (χ1v) is 6.85. The molecule has 2 heterocycles. The molecule has 0 amide bonds. The monoisotopic (exact) mass is 276 g/mol. The summed E-state index contributed by atoms with van der Waals surface area (Å²) in [5, 5.41) is 0. The van der Waals surface area contributed by atoms with E-state index in [1.807, 2.05) is 20.8 Å². The van der Waals surface area contributed by atoms with Crippen molar-refractivity contribution in [1.29, 1.82) is 0 Å². The third-order valence-electron chi connectivity index (χ3n) is 3.08. The summed E-state index contributed by atoms with van der Waals surface area (Å²) in [6.07, 6.45) is 2.03. The topological polar surface area (TPSA) is 52.1 Å². The molecule has 0 fully saturated rings. The molecule has 0 saturated heterocycles. The minimum Gasteiger partial charge on any atom is -0.496 e. The van der Waals surface area contributed by atoms with Crippen molar-refractivity contribution in [2.75, 3.05) is 7.11 Å². The minimum atomic E-state index is 0.0570. The van der Waals surface area contributed by atoms with Gasteiger partial charge in [0.15, 0.2) is 5.78 Å².